The Hall–Kier alpha value is -1.62. The highest BCUT2D eigenvalue weighted by Crippen LogP contribution is 2.31. The van der Waals surface area contributed by atoms with E-state index in [1.54, 1.807) is 17.6 Å². The molecule has 1 amide bonds. The fourth-order valence-electron chi connectivity index (χ4n) is 2.93. The number of thiazole rings is 1. The van der Waals surface area contributed by atoms with E-state index in [4.69, 9.17) is 4.42 Å². The number of carbonyl (C=O) groups excluding carboxylic acids is 1. The van der Waals surface area contributed by atoms with Crippen LogP contribution in [0.5, 0.6) is 0 Å². The fraction of sp³-hybridized carbons (Fsp3) is 0.500. The minimum Gasteiger partial charge on any atom is -0.467 e. The van der Waals surface area contributed by atoms with Crippen molar-refractivity contribution in [2.75, 3.05) is 6.54 Å². The van der Waals surface area contributed by atoms with E-state index in [2.05, 4.69) is 4.98 Å². The monoisotopic (exact) mass is 304 g/mol. The largest absolute Gasteiger partial charge is 0.467 e. The van der Waals surface area contributed by atoms with Gasteiger partial charge in [-0.2, -0.15) is 0 Å². The van der Waals surface area contributed by atoms with Crippen molar-refractivity contribution in [2.24, 2.45) is 0 Å². The molecule has 5 heteroatoms. The van der Waals surface area contributed by atoms with Crippen molar-refractivity contribution >= 4 is 17.2 Å². The molecule has 1 aliphatic heterocycles. The molecule has 0 spiro atoms. The van der Waals surface area contributed by atoms with Gasteiger partial charge in [-0.05, 0) is 31.9 Å². The second-order valence-corrected chi connectivity index (χ2v) is 6.56. The van der Waals surface area contributed by atoms with E-state index >= 15 is 0 Å². The molecular weight excluding hydrogens is 284 g/mol. The predicted octanol–water partition coefficient (Wildman–Crippen LogP) is 3.73. The second-order valence-electron chi connectivity index (χ2n) is 5.50. The molecule has 1 aliphatic rings. The molecule has 1 atom stereocenters. The van der Waals surface area contributed by atoms with E-state index in [1.165, 1.54) is 6.42 Å². The number of hydrogen-bond acceptors (Lipinski definition) is 4. The zero-order chi connectivity index (χ0) is 14.7. The van der Waals surface area contributed by atoms with Gasteiger partial charge in [0.25, 0.3) is 0 Å². The molecule has 0 radical (unpaired) electrons. The minimum absolute atomic E-state index is 0.0785. The van der Waals surface area contributed by atoms with Crippen molar-refractivity contribution < 1.29 is 9.21 Å². The summed E-state index contributed by atoms with van der Waals surface area (Å²) in [5.41, 5.74) is 0.880. The highest BCUT2D eigenvalue weighted by atomic mass is 32.1. The Morgan fingerprint density at radius 3 is 3.10 bits per heavy atom. The molecule has 0 aliphatic carbocycles. The summed E-state index contributed by atoms with van der Waals surface area (Å²) < 4.78 is 5.56. The number of carbonyl (C=O) groups is 1. The Balaban J connectivity index is 1.77. The summed E-state index contributed by atoms with van der Waals surface area (Å²) in [5, 5.41) is 2.99. The average molecular weight is 304 g/mol. The van der Waals surface area contributed by atoms with Crippen LogP contribution in [0.2, 0.25) is 0 Å². The van der Waals surface area contributed by atoms with Crippen LogP contribution in [0.4, 0.5) is 0 Å². The maximum Gasteiger partial charge on any atom is 0.229 e. The molecule has 0 saturated carbocycles. The van der Waals surface area contributed by atoms with E-state index in [1.807, 2.05) is 29.3 Å². The third kappa shape index (κ3) is 3.35. The van der Waals surface area contributed by atoms with Crippen LogP contribution < -0.4 is 0 Å². The van der Waals surface area contributed by atoms with E-state index in [9.17, 15) is 4.79 Å². The molecule has 4 nitrogen and oxygen atoms in total. The van der Waals surface area contributed by atoms with E-state index < -0.39 is 0 Å². The number of aromatic nitrogens is 1. The molecule has 2 aromatic rings. The van der Waals surface area contributed by atoms with Gasteiger partial charge in [0.15, 0.2) is 0 Å². The maximum absolute atomic E-state index is 12.7. The number of amides is 1. The first kappa shape index (κ1) is 14.3. The first-order chi connectivity index (χ1) is 10.2. The molecule has 112 valence electrons. The van der Waals surface area contributed by atoms with Crippen LogP contribution in [-0.2, 0) is 11.2 Å². The number of nitrogens with zero attached hydrogens (tertiary/aromatic N) is 2. The van der Waals surface area contributed by atoms with Crippen molar-refractivity contribution in [2.45, 2.75) is 45.1 Å². The molecule has 0 unspecified atom stereocenters. The zero-order valence-corrected chi connectivity index (χ0v) is 13.1. The van der Waals surface area contributed by atoms with Crippen molar-refractivity contribution in [3.63, 3.8) is 0 Å². The normalized spacial score (nSPS) is 19.5. The Morgan fingerprint density at radius 2 is 2.38 bits per heavy atom. The molecule has 0 N–H and O–H groups in total. The highest BCUT2D eigenvalue weighted by molar-refractivity contribution is 7.09. The van der Waals surface area contributed by atoms with Gasteiger partial charge >= 0.3 is 0 Å². The van der Waals surface area contributed by atoms with Gasteiger partial charge in [-0.15, -0.1) is 11.3 Å². The van der Waals surface area contributed by atoms with Gasteiger partial charge in [-0.3, -0.25) is 4.79 Å². The van der Waals surface area contributed by atoms with Crippen LogP contribution in [-0.4, -0.2) is 22.3 Å². The first-order valence-electron chi connectivity index (χ1n) is 7.48. The third-order valence-corrected chi connectivity index (χ3v) is 4.77. The van der Waals surface area contributed by atoms with E-state index in [0.29, 0.717) is 6.42 Å². The van der Waals surface area contributed by atoms with Crippen molar-refractivity contribution in [3.05, 3.63) is 40.2 Å². The molecule has 1 fully saturated rings. The third-order valence-electron chi connectivity index (χ3n) is 3.94. The van der Waals surface area contributed by atoms with Gasteiger partial charge < -0.3 is 9.32 Å². The zero-order valence-electron chi connectivity index (χ0n) is 12.2. The van der Waals surface area contributed by atoms with Crippen molar-refractivity contribution in [1.82, 2.24) is 9.88 Å². The van der Waals surface area contributed by atoms with Crippen LogP contribution in [0.25, 0.3) is 0 Å². The number of aryl methyl sites for hydroxylation is 1. The molecule has 3 rings (SSSR count). The highest BCUT2D eigenvalue weighted by Gasteiger charge is 2.28. The summed E-state index contributed by atoms with van der Waals surface area (Å²) in [5.74, 6) is 1.06. The van der Waals surface area contributed by atoms with Crippen LogP contribution in [0, 0.1) is 6.92 Å². The van der Waals surface area contributed by atoms with Gasteiger partial charge in [0.1, 0.15) is 5.76 Å². The molecule has 2 aromatic heterocycles. The standard InChI is InChI=1S/C16H20N2O2S/c1-12-17-13(11-21-12)10-16(19)18-8-4-2-3-6-14(18)15-7-5-9-20-15/h5,7,9,11,14H,2-4,6,8,10H2,1H3/t14-/m1/s1. The van der Waals surface area contributed by atoms with E-state index in [-0.39, 0.29) is 11.9 Å². The lowest BCUT2D eigenvalue weighted by Gasteiger charge is -2.28. The quantitative estimate of drug-likeness (QED) is 0.868. The topological polar surface area (TPSA) is 46.3 Å². The van der Waals surface area contributed by atoms with Gasteiger partial charge in [0.2, 0.25) is 5.91 Å². The summed E-state index contributed by atoms with van der Waals surface area (Å²) >= 11 is 1.60. The lowest BCUT2D eigenvalue weighted by atomic mass is 10.1. The Morgan fingerprint density at radius 1 is 1.48 bits per heavy atom. The van der Waals surface area contributed by atoms with Crippen molar-refractivity contribution in [3.8, 4) is 0 Å². The summed E-state index contributed by atoms with van der Waals surface area (Å²) in [6.07, 6.45) is 6.45. The average Bonchev–Trinajstić information content (AvgIpc) is 3.06. The Kier molecular flexibility index (Phi) is 4.39. The van der Waals surface area contributed by atoms with Gasteiger partial charge in [-0.1, -0.05) is 12.8 Å². The molecule has 0 bridgehead atoms. The van der Waals surface area contributed by atoms with Crippen LogP contribution in [0.3, 0.4) is 0 Å². The number of rotatable bonds is 3. The van der Waals surface area contributed by atoms with E-state index in [0.717, 1.165) is 42.3 Å². The molecule has 1 saturated heterocycles. The Bertz CT molecular complexity index is 591. The van der Waals surface area contributed by atoms with Crippen LogP contribution in [0.1, 0.15) is 48.2 Å². The summed E-state index contributed by atoms with van der Waals surface area (Å²) in [7, 11) is 0. The van der Waals surface area contributed by atoms with Crippen molar-refractivity contribution in [1.29, 1.82) is 0 Å². The SMILES string of the molecule is Cc1nc(CC(=O)N2CCCCC[C@@H]2c2ccco2)cs1. The predicted molar refractivity (Wildman–Crippen MR) is 82.2 cm³/mol. The minimum atomic E-state index is 0.0785. The maximum atomic E-state index is 12.7. The first-order valence-corrected chi connectivity index (χ1v) is 8.36. The Labute approximate surface area is 128 Å². The lowest BCUT2D eigenvalue weighted by Crippen LogP contribution is -2.35. The summed E-state index contributed by atoms with van der Waals surface area (Å²) in [6.45, 7) is 2.78. The van der Waals surface area contributed by atoms with Crippen LogP contribution >= 0.6 is 11.3 Å². The molecule has 0 aromatic carbocycles. The number of furan rings is 1. The van der Waals surface area contributed by atoms with Crippen LogP contribution in [0.15, 0.2) is 28.2 Å². The lowest BCUT2D eigenvalue weighted by molar-refractivity contribution is -0.133. The smallest absolute Gasteiger partial charge is 0.229 e. The molecular formula is C16H20N2O2S. The number of hydrogen-bond donors (Lipinski definition) is 0. The van der Waals surface area contributed by atoms with Gasteiger partial charge in [-0.25, -0.2) is 4.98 Å². The van der Waals surface area contributed by atoms with Gasteiger partial charge in [0, 0.05) is 11.9 Å². The molecule has 21 heavy (non-hydrogen) atoms. The molecule has 3 heterocycles. The summed E-state index contributed by atoms with van der Waals surface area (Å²) in [6, 6.07) is 3.95. The number of likely N-dealkylation sites (tertiary alicyclic amines) is 1. The fourth-order valence-corrected chi connectivity index (χ4v) is 3.54. The summed E-state index contributed by atoms with van der Waals surface area (Å²) in [4.78, 5) is 19.1. The van der Waals surface area contributed by atoms with Gasteiger partial charge in [0.05, 0.1) is 29.4 Å². The second kappa shape index (κ2) is 6.43.